The summed E-state index contributed by atoms with van der Waals surface area (Å²) >= 11 is 0. The monoisotopic (exact) mass is 523 g/mol. The predicted molar refractivity (Wildman–Crippen MR) is 141 cm³/mol. The van der Waals surface area contributed by atoms with E-state index < -0.39 is 25.4 Å². The molecule has 0 saturated carbocycles. The Morgan fingerprint density at radius 2 is 1.29 bits per heavy atom. The lowest BCUT2D eigenvalue weighted by Crippen LogP contribution is -2.46. The fourth-order valence-electron chi connectivity index (χ4n) is 3.99. The Labute approximate surface area is 214 Å². The van der Waals surface area contributed by atoms with E-state index in [1.807, 2.05) is 13.8 Å². The topological polar surface area (TPSA) is 114 Å². The molecule has 2 atom stereocenters. The second kappa shape index (κ2) is 20.5. The highest BCUT2D eigenvalue weighted by atomic mass is 31.2. The van der Waals surface area contributed by atoms with Crippen molar-refractivity contribution in [2.24, 2.45) is 0 Å². The zero-order chi connectivity index (χ0) is 26.6. The third kappa shape index (κ3) is 20.3. The number of esters is 1. The molecule has 0 aliphatic rings. The number of hydroxylamine groups is 1. The zero-order valence-corrected chi connectivity index (χ0v) is 24.0. The third-order valence-corrected chi connectivity index (χ3v) is 6.57. The summed E-state index contributed by atoms with van der Waals surface area (Å²) in [7, 11) is -4.73. The highest BCUT2D eigenvalue weighted by Crippen LogP contribution is 2.34. The van der Waals surface area contributed by atoms with Crippen LogP contribution >= 0.6 is 7.82 Å². The number of rotatable bonds is 24. The number of unbranched alkanes of at least 4 members (excludes halogenated alkanes) is 13. The molecule has 0 saturated heterocycles. The molecule has 0 rings (SSSR count). The second-order valence-corrected chi connectivity index (χ2v) is 11.4. The lowest BCUT2D eigenvalue weighted by molar-refractivity contribution is -0.177. The quantitative estimate of drug-likeness (QED) is 0.0537. The van der Waals surface area contributed by atoms with Gasteiger partial charge in [-0.1, -0.05) is 104 Å². The molecule has 0 aromatic rings. The van der Waals surface area contributed by atoms with Crippen LogP contribution in [-0.4, -0.2) is 40.1 Å². The van der Waals surface area contributed by atoms with Gasteiger partial charge in [-0.15, -0.1) is 0 Å². The molecule has 0 unspecified atom stereocenters. The van der Waals surface area contributed by atoms with Crippen molar-refractivity contribution >= 4 is 13.8 Å². The molecular formula is C26H54NO7P. The van der Waals surface area contributed by atoms with Gasteiger partial charge in [0.15, 0.2) is 0 Å². The summed E-state index contributed by atoms with van der Waals surface area (Å²) in [5, 5.41) is 0. The number of phosphoric acid groups is 1. The Hall–Kier alpha value is -0.500. The lowest BCUT2D eigenvalue weighted by Gasteiger charge is -2.35. The van der Waals surface area contributed by atoms with Gasteiger partial charge < -0.3 is 19.3 Å². The van der Waals surface area contributed by atoms with Gasteiger partial charge in [-0.05, 0) is 33.6 Å². The SMILES string of the molecule is CCCCCCCCCCCCCCO[C@@H](CCCCC)C(C)(C)OC(=O)[C@H](C)NOP(=O)(O)O. The Balaban J connectivity index is 4.30. The smallest absolute Gasteiger partial charge is 0.456 e. The van der Waals surface area contributed by atoms with Crippen molar-refractivity contribution < 1.29 is 33.2 Å². The molecule has 0 radical (unpaired) electrons. The van der Waals surface area contributed by atoms with Gasteiger partial charge in [0.25, 0.3) is 0 Å². The molecule has 0 aromatic carbocycles. The zero-order valence-electron chi connectivity index (χ0n) is 23.1. The Bertz CT molecular complexity index is 568. The molecule has 0 fully saturated rings. The van der Waals surface area contributed by atoms with Crippen LogP contribution in [0.25, 0.3) is 0 Å². The summed E-state index contributed by atoms with van der Waals surface area (Å²) in [5.74, 6) is -0.655. The van der Waals surface area contributed by atoms with Gasteiger partial charge in [0.1, 0.15) is 11.6 Å². The van der Waals surface area contributed by atoms with Crippen molar-refractivity contribution in [1.82, 2.24) is 5.48 Å². The van der Waals surface area contributed by atoms with Crippen LogP contribution < -0.4 is 5.48 Å². The molecule has 0 aliphatic carbocycles. The normalized spacial score (nSPS) is 14.1. The maximum atomic E-state index is 12.4. The first-order valence-electron chi connectivity index (χ1n) is 13.9. The third-order valence-electron chi connectivity index (χ3n) is 6.23. The first kappa shape index (κ1) is 34.5. The van der Waals surface area contributed by atoms with Crippen LogP contribution in [0, 0.1) is 0 Å². The van der Waals surface area contributed by atoms with E-state index in [0.29, 0.717) is 6.61 Å². The number of nitrogens with one attached hydrogen (secondary N) is 1. The minimum atomic E-state index is -4.73. The second-order valence-electron chi connectivity index (χ2n) is 10.2. The Morgan fingerprint density at radius 1 is 0.829 bits per heavy atom. The van der Waals surface area contributed by atoms with Crippen molar-refractivity contribution in [3.05, 3.63) is 0 Å². The molecule has 0 heterocycles. The summed E-state index contributed by atoms with van der Waals surface area (Å²) in [6.07, 6.45) is 19.1. The number of carbonyl (C=O) groups excluding carboxylic acids is 1. The maximum absolute atomic E-state index is 12.4. The van der Waals surface area contributed by atoms with Gasteiger partial charge in [0.05, 0.1) is 6.10 Å². The van der Waals surface area contributed by atoms with Gasteiger partial charge in [0.2, 0.25) is 0 Å². The summed E-state index contributed by atoms with van der Waals surface area (Å²) in [5.41, 5.74) is 1.18. The highest BCUT2D eigenvalue weighted by Gasteiger charge is 2.35. The van der Waals surface area contributed by atoms with Crippen LogP contribution in [0.2, 0.25) is 0 Å². The van der Waals surface area contributed by atoms with Gasteiger partial charge in [-0.3, -0.25) is 4.79 Å². The summed E-state index contributed by atoms with van der Waals surface area (Å²) in [6, 6.07) is -1.03. The summed E-state index contributed by atoms with van der Waals surface area (Å²) in [4.78, 5) is 30.0. The van der Waals surface area contributed by atoms with Gasteiger partial charge >= 0.3 is 13.8 Å². The van der Waals surface area contributed by atoms with Crippen LogP contribution in [0.15, 0.2) is 0 Å². The van der Waals surface area contributed by atoms with E-state index in [-0.39, 0.29) is 6.10 Å². The van der Waals surface area contributed by atoms with Gasteiger partial charge in [-0.25, -0.2) is 4.57 Å². The summed E-state index contributed by atoms with van der Waals surface area (Å²) in [6.45, 7) is 10.1. The Kier molecular flexibility index (Phi) is 20.3. The van der Waals surface area contributed by atoms with Crippen molar-refractivity contribution in [3.63, 3.8) is 0 Å². The van der Waals surface area contributed by atoms with E-state index in [1.54, 1.807) is 0 Å². The predicted octanol–water partition coefficient (Wildman–Crippen LogP) is 6.98. The van der Waals surface area contributed by atoms with Crippen molar-refractivity contribution in [2.75, 3.05) is 6.61 Å². The highest BCUT2D eigenvalue weighted by molar-refractivity contribution is 7.46. The molecule has 0 aromatic heterocycles. The molecule has 3 N–H and O–H groups in total. The number of carbonyl (C=O) groups is 1. The fraction of sp³-hybridized carbons (Fsp3) is 0.962. The fourth-order valence-corrected chi connectivity index (χ4v) is 4.28. The van der Waals surface area contributed by atoms with Crippen LogP contribution in [-0.2, 0) is 23.5 Å². The van der Waals surface area contributed by atoms with Gasteiger partial charge in [-0.2, -0.15) is 10.1 Å². The maximum Gasteiger partial charge on any atom is 0.486 e. The minimum absolute atomic E-state index is 0.249. The van der Waals surface area contributed by atoms with Crippen molar-refractivity contribution in [1.29, 1.82) is 0 Å². The van der Waals surface area contributed by atoms with Crippen LogP contribution in [0.1, 0.15) is 137 Å². The standard InChI is InChI=1S/C26H54NO7P/c1-6-8-10-11-12-13-14-15-16-17-18-20-22-32-24(21-19-9-7-2)26(4,5)33-25(28)23(3)27-34-35(29,30)31/h23-24,27H,6-22H2,1-5H3,(H2,29,30,31)/t23-,24-/m0/s1. The number of ether oxygens (including phenoxy) is 2. The average molecular weight is 524 g/mol. The summed E-state index contributed by atoms with van der Waals surface area (Å²) < 4.78 is 26.9. The number of hydrogen-bond donors (Lipinski definition) is 3. The molecule has 210 valence electrons. The molecule has 35 heavy (non-hydrogen) atoms. The molecule has 0 aliphatic heterocycles. The molecule has 9 heteroatoms. The Morgan fingerprint density at radius 3 is 1.77 bits per heavy atom. The molecular weight excluding hydrogens is 469 g/mol. The molecule has 0 bridgehead atoms. The van der Waals surface area contributed by atoms with E-state index in [9.17, 15) is 9.36 Å². The van der Waals surface area contributed by atoms with Gasteiger partial charge in [0, 0.05) is 6.61 Å². The van der Waals surface area contributed by atoms with Crippen LogP contribution in [0.5, 0.6) is 0 Å². The van der Waals surface area contributed by atoms with Crippen molar-refractivity contribution in [2.45, 2.75) is 155 Å². The first-order valence-corrected chi connectivity index (χ1v) is 15.4. The largest absolute Gasteiger partial charge is 0.486 e. The van der Waals surface area contributed by atoms with Crippen molar-refractivity contribution in [3.8, 4) is 0 Å². The van der Waals surface area contributed by atoms with E-state index in [4.69, 9.17) is 19.3 Å². The van der Waals surface area contributed by atoms with E-state index >= 15 is 0 Å². The van der Waals surface area contributed by atoms with Crippen LogP contribution in [0.3, 0.4) is 0 Å². The number of hydrogen-bond acceptors (Lipinski definition) is 6. The minimum Gasteiger partial charge on any atom is -0.456 e. The lowest BCUT2D eigenvalue weighted by atomic mass is 9.95. The molecule has 8 nitrogen and oxygen atoms in total. The average Bonchev–Trinajstić information content (AvgIpc) is 2.78. The molecule has 0 spiro atoms. The van der Waals surface area contributed by atoms with E-state index in [2.05, 4.69) is 24.0 Å². The van der Waals surface area contributed by atoms with E-state index in [1.165, 1.54) is 71.1 Å². The van der Waals surface area contributed by atoms with E-state index in [0.717, 1.165) is 38.5 Å². The molecule has 0 amide bonds. The van der Waals surface area contributed by atoms with Crippen LogP contribution in [0.4, 0.5) is 0 Å². The first-order chi connectivity index (χ1) is 16.5.